The highest BCUT2D eigenvalue weighted by atomic mass is 16.5. The Hall–Kier alpha value is -3.03. The molecule has 0 bridgehead atoms. The first kappa shape index (κ1) is 15.5. The van der Waals surface area contributed by atoms with Crippen LogP contribution >= 0.6 is 0 Å². The lowest BCUT2D eigenvalue weighted by Gasteiger charge is -2.21. The number of aromatic nitrogens is 4. The maximum atomic E-state index is 12.4. The van der Waals surface area contributed by atoms with Gasteiger partial charge >= 0.3 is 6.03 Å². The fraction of sp³-hybridized carbons (Fsp3) is 0.353. The van der Waals surface area contributed by atoms with E-state index in [4.69, 9.17) is 4.74 Å². The second-order valence-electron chi connectivity index (χ2n) is 6.23. The molecule has 3 aromatic heterocycles. The summed E-state index contributed by atoms with van der Waals surface area (Å²) in [6, 6.07) is 5.44. The van der Waals surface area contributed by atoms with Gasteiger partial charge in [-0.15, -0.1) is 0 Å². The average Bonchev–Trinajstić information content (AvgIpc) is 3.31. The van der Waals surface area contributed by atoms with Crippen molar-refractivity contribution in [2.24, 2.45) is 7.05 Å². The van der Waals surface area contributed by atoms with Crippen LogP contribution in [0.3, 0.4) is 0 Å². The molecule has 8 heteroatoms. The Balaban J connectivity index is 1.39. The smallest absolute Gasteiger partial charge is 0.319 e. The molecule has 1 fully saturated rings. The van der Waals surface area contributed by atoms with E-state index in [2.05, 4.69) is 20.8 Å². The molecule has 0 radical (unpaired) electrons. The Labute approximate surface area is 144 Å². The van der Waals surface area contributed by atoms with E-state index in [9.17, 15) is 4.79 Å². The van der Waals surface area contributed by atoms with E-state index in [0.717, 1.165) is 30.5 Å². The molecule has 1 saturated carbocycles. The van der Waals surface area contributed by atoms with E-state index in [0.29, 0.717) is 5.69 Å². The summed E-state index contributed by atoms with van der Waals surface area (Å²) in [5.41, 5.74) is 1.54. The van der Waals surface area contributed by atoms with Gasteiger partial charge in [-0.05, 0) is 31.4 Å². The number of carbonyl (C=O) groups is 1. The van der Waals surface area contributed by atoms with E-state index < -0.39 is 0 Å². The van der Waals surface area contributed by atoms with Gasteiger partial charge in [-0.25, -0.2) is 9.31 Å². The molecule has 3 heterocycles. The first-order valence-corrected chi connectivity index (χ1v) is 8.34. The van der Waals surface area contributed by atoms with Crippen LogP contribution in [0.4, 0.5) is 10.5 Å². The van der Waals surface area contributed by atoms with Gasteiger partial charge < -0.3 is 15.4 Å². The zero-order valence-corrected chi connectivity index (χ0v) is 13.9. The van der Waals surface area contributed by atoms with E-state index in [1.165, 1.54) is 0 Å². The molecule has 0 spiro atoms. The van der Waals surface area contributed by atoms with Crippen LogP contribution in [0.15, 0.2) is 43.0 Å². The minimum absolute atomic E-state index is 0.0259. The molecule has 1 aliphatic carbocycles. The number of urea groups is 1. The molecule has 2 atom stereocenters. The monoisotopic (exact) mass is 340 g/mol. The highest BCUT2D eigenvalue weighted by Crippen LogP contribution is 2.25. The van der Waals surface area contributed by atoms with Gasteiger partial charge in [-0.3, -0.25) is 4.68 Å². The first-order chi connectivity index (χ1) is 12.2. The highest BCUT2D eigenvalue weighted by Gasteiger charge is 2.30. The number of hydrogen-bond donors (Lipinski definition) is 2. The number of anilines is 1. The molecule has 130 valence electrons. The van der Waals surface area contributed by atoms with Crippen molar-refractivity contribution in [1.82, 2.24) is 24.7 Å². The number of pyridine rings is 1. The van der Waals surface area contributed by atoms with Crippen LogP contribution in [-0.4, -0.2) is 37.6 Å². The largest absolute Gasteiger partial charge is 0.485 e. The van der Waals surface area contributed by atoms with Crippen molar-refractivity contribution >= 4 is 17.2 Å². The topological polar surface area (TPSA) is 85.5 Å². The summed E-state index contributed by atoms with van der Waals surface area (Å²) in [5.74, 6) is 0.726. The van der Waals surface area contributed by atoms with E-state index in [1.807, 2.05) is 37.6 Å². The Kier molecular flexibility index (Phi) is 4.01. The van der Waals surface area contributed by atoms with Crippen molar-refractivity contribution < 1.29 is 9.53 Å². The Morgan fingerprint density at radius 2 is 2.20 bits per heavy atom. The molecular formula is C17H20N6O2. The van der Waals surface area contributed by atoms with Crippen LogP contribution in [0.25, 0.3) is 5.52 Å². The van der Waals surface area contributed by atoms with Crippen LogP contribution in [0.5, 0.6) is 5.75 Å². The summed E-state index contributed by atoms with van der Waals surface area (Å²) in [6.07, 6.45) is 9.79. The van der Waals surface area contributed by atoms with Crippen LogP contribution in [-0.2, 0) is 7.05 Å². The summed E-state index contributed by atoms with van der Waals surface area (Å²) >= 11 is 0. The Morgan fingerprint density at radius 1 is 1.28 bits per heavy atom. The molecule has 0 aromatic carbocycles. The van der Waals surface area contributed by atoms with Gasteiger partial charge in [0.1, 0.15) is 6.10 Å². The molecule has 2 N–H and O–H groups in total. The molecule has 0 aliphatic heterocycles. The number of nitrogens with zero attached hydrogens (tertiary/aromatic N) is 4. The van der Waals surface area contributed by atoms with Crippen molar-refractivity contribution in [3.63, 3.8) is 0 Å². The SMILES string of the molecule is Cn1cc(O[C@@H]2CCC[C@@H]2NC(=O)Nc2cnn3ccccc23)cn1. The van der Waals surface area contributed by atoms with Crippen molar-refractivity contribution in [2.45, 2.75) is 31.4 Å². The van der Waals surface area contributed by atoms with E-state index >= 15 is 0 Å². The summed E-state index contributed by atoms with van der Waals surface area (Å²) in [5, 5.41) is 14.2. The van der Waals surface area contributed by atoms with Crippen molar-refractivity contribution in [2.75, 3.05) is 5.32 Å². The van der Waals surface area contributed by atoms with Gasteiger partial charge in [0, 0.05) is 13.2 Å². The number of hydrogen-bond acceptors (Lipinski definition) is 4. The fourth-order valence-corrected chi connectivity index (χ4v) is 3.22. The fourth-order valence-electron chi connectivity index (χ4n) is 3.22. The van der Waals surface area contributed by atoms with Crippen LogP contribution in [0.2, 0.25) is 0 Å². The number of amides is 2. The average molecular weight is 340 g/mol. The number of ether oxygens (including phenoxy) is 1. The predicted octanol–water partition coefficient (Wildman–Crippen LogP) is 2.19. The molecule has 2 amide bonds. The maximum Gasteiger partial charge on any atom is 0.319 e. The highest BCUT2D eigenvalue weighted by molar-refractivity contribution is 5.93. The number of fused-ring (bicyclic) bond motifs is 1. The molecule has 0 saturated heterocycles. The molecule has 1 aliphatic rings. The van der Waals surface area contributed by atoms with Crippen molar-refractivity contribution in [1.29, 1.82) is 0 Å². The maximum absolute atomic E-state index is 12.4. The molecule has 8 nitrogen and oxygen atoms in total. The van der Waals surface area contributed by atoms with E-state index in [1.54, 1.807) is 21.6 Å². The van der Waals surface area contributed by atoms with Crippen molar-refractivity contribution in [3.8, 4) is 5.75 Å². The van der Waals surface area contributed by atoms with Crippen LogP contribution in [0, 0.1) is 0 Å². The lowest BCUT2D eigenvalue weighted by molar-refractivity contribution is 0.175. The molecule has 0 unspecified atom stereocenters. The third-order valence-electron chi connectivity index (χ3n) is 4.41. The minimum Gasteiger partial charge on any atom is -0.485 e. The number of carbonyl (C=O) groups excluding carboxylic acids is 1. The van der Waals surface area contributed by atoms with Gasteiger partial charge in [-0.2, -0.15) is 10.2 Å². The van der Waals surface area contributed by atoms with Gasteiger partial charge in [0.25, 0.3) is 0 Å². The molecule has 25 heavy (non-hydrogen) atoms. The second-order valence-corrected chi connectivity index (χ2v) is 6.23. The first-order valence-electron chi connectivity index (χ1n) is 8.34. The third-order valence-corrected chi connectivity index (χ3v) is 4.41. The quantitative estimate of drug-likeness (QED) is 0.762. The lowest BCUT2D eigenvalue weighted by Crippen LogP contribution is -2.44. The van der Waals surface area contributed by atoms with Crippen LogP contribution < -0.4 is 15.4 Å². The van der Waals surface area contributed by atoms with Gasteiger partial charge in [0.05, 0.1) is 35.8 Å². The van der Waals surface area contributed by atoms with Crippen LogP contribution in [0.1, 0.15) is 19.3 Å². The number of aryl methyl sites for hydroxylation is 1. The molecule has 4 rings (SSSR count). The minimum atomic E-state index is -0.245. The standard InChI is InChI=1S/C17H20N6O2/c1-22-11-12(9-18-22)25-16-7-4-5-13(16)20-17(24)21-14-10-19-23-8-3-2-6-15(14)23/h2-3,6,8-11,13,16H,4-5,7H2,1H3,(H2,20,21,24)/t13-,16+/m0/s1. The summed E-state index contributed by atoms with van der Waals surface area (Å²) in [4.78, 5) is 12.4. The van der Waals surface area contributed by atoms with Crippen molar-refractivity contribution in [3.05, 3.63) is 43.0 Å². The van der Waals surface area contributed by atoms with Gasteiger partial charge in [-0.1, -0.05) is 6.07 Å². The number of nitrogens with one attached hydrogen (secondary N) is 2. The Morgan fingerprint density at radius 3 is 3.04 bits per heavy atom. The van der Waals surface area contributed by atoms with Gasteiger partial charge in [0.15, 0.2) is 5.75 Å². The molecule has 3 aromatic rings. The lowest BCUT2D eigenvalue weighted by atomic mass is 10.2. The normalized spacial score (nSPS) is 19.9. The zero-order chi connectivity index (χ0) is 17.2. The predicted molar refractivity (Wildman–Crippen MR) is 92.6 cm³/mol. The van der Waals surface area contributed by atoms with E-state index in [-0.39, 0.29) is 18.2 Å². The number of rotatable bonds is 4. The summed E-state index contributed by atoms with van der Waals surface area (Å²) in [6.45, 7) is 0. The summed E-state index contributed by atoms with van der Waals surface area (Å²) < 4.78 is 9.39. The summed E-state index contributed by atoms with van der Waals surface area (Å²) in [7, 11) is 1.85. The second kappa shape index (κ2) is 6.46. The van der Waals surface area contributed by atoms with Gasteiger partial charge in [0.2, 0.25) is 0 Å². The molecular weight excluding hydrogens is 320 g/mol. The third kappa shape index (κ3) is 3.28. The zero-order valence-electron chi connectivity index (χ0n) is 13.9. The Bertz CT molecular complexity index is 886.